The highest BCUT2D eigenvalue weighted by atomic mass is 16.3. The molecule has 0 radical (unpaired) electrons. The number of hydrogen-bond acceptors (Lipinski definition) is 2. The molecule has 0 aromatic heterocycles. The predicted molar refractivity (Wildman–Crippen MR) is 83.2 cm³/mol. The lowest BCUT2D eigenvalue weighted by atomic mass is 10.0. The monoisotopic (exact) mass is 287 g/mol. The highest BCUT2D eigenvalue weighted by Gasteiger charge is 2.26. The van der Waals surface area contributed by atoms with Gasteiger partial charge in [0.05, 0.1) is 13.0 Å². The van der Waals surface area contributed by atoms with Crippen molar-refractivity contribution in [2.24, 2.45) is 0 Å². The van der Waals surface area contributed by atoms with Crippen LogP contribution in [0.25, 0.3) is 0 Å². The van der Waals surface area contributed by atoms with E-state index in [1.807, 2.05) is 4.90 Å². The Kier molecular flexibility index (Phi) is 4.59. The van der Waals surface area contributed by atoms with Gasteiger partial charge in [-0.1, -0.05) is 31.0 Å². The summed E-state index contributed by atoms with van der Waals surface area (Å²) < 4.78 is 0. The second-order valence-electron chi connectivity index (χ2n) is 6.38. The largest absolute Gasteiger partial charge is 0.395 e. The summed E-state index contributed by atoms with van der Waals surface area (Å²) >= 11 is 0. The van der Waals surface area contributed by atoms with Gasteiger partial charge >= 0.3 is 0 Å². The maximum atomic E-state index is 12.6. The molecule has 3 heteroatoms. The van der Waals surface area contributed by atoms with Gasteiger partial charge < -0.3 is 10.0 Å². The molecule has 0 bridgehead atoms. The number of nitrogens with zero attached hydrogens (tertiary/aromatic N) is 1. The zero-order chi connectivity index (χ0) is 14.7. The number of benzene rings is 1. The van der Waals surface area contributed by atoms with Crippen molar-refractivity contribution in [2.75, 3.05) is 13.2 Å². The Bertz CT molecular complexity index is 506. The average molecular weight is 287 g/mol. The Morgan fingerprint density at radius 3 is 2.67 bits per heavy atom. The van der Waals surface area contributed by atoms with Crippen molar-refractivity contribution in [2.45, 2.75) is 57.4 Å². The van der Waals surface area contributed by atoms with Gasteiger partial charge in [-0.3, -0.25) is 4.79 Å². The van der Waals surface area contributed by atoms with E-state index in [2.05, 4.69) is 18.2 Å². The Morgan fingerprint density at radius 2 is 1.90 bits per heavy atom. The number of fused-ring (bicyclic) bond motifs is 1. The summed E-state index contributed by atoms with van der Waals surface area (Å²) in [7, 11) is 0. The molecule has 0 unspecified atom stereocenters. The normalized spacial score (nSPS) is 18.0. The standard InChI is InChI=1S/C18H25NO2/c20-11-10-19(17-6-1-2-7-17)18(21)13-14-8-9-15-4-3-5-16(15)12-14/h8-9,12,17,20H,1-7,10-11,13H2. The van der Waals surface area contributed by atoms with Gasteiger partial charge in [0.15, 0.2) is 0 Å². The minimum absolute atomic E-state index is 0.0619. The lowest BCUT2D eigenvalue weighted by molar-refractivity contribution is -0.133. The van der Waals surface area contributed by atoms with Gasteiger partial charge in [0.2, 0.25) is 5.91 Å². The number of amides is 1. The molecule has 1 fully saturated rings. The second kappa shape index (κ2) is 6.61. The third-order valence-electron chi connectivity index (χ3n) is 4.94. The summed E-state index contributed by atoms with van der Waals surface area (Å²) in [4.78, 5) is 14.5. The van der Waals surface area contributed by atoms with Gasteiger partial charge in [0.25, 0.3) is 0 Å². The van der Waals surface area contributed by atoms with Gasteiger partial charge in [0, 0.05) is 12.6 Å². The highest BCUT2D eigenvalue weighted by molar-refractivity contribution is 5.79. The maximum Gasteiger partial charge on any atom is 0.227 e. The fourth-order valence-electron chi connectivity index (χ4n) is 3.85. The Labute approximate surface area is 127 Å². The van der Waals surface area contributed by atoms with E-state index in [1.165, 1.54) is 36.8 Å². The Hall–Kier alpha value is -1.35. The molecule has 2 aliphatic carbocycles. The average Bonchev–Trinajstić information content (AvgIpc) is 3.15. The topological polar surface area (TPSA) is 40.5 Å². The molecule has 2 aliphatic rings. The number of carbonyl (C=O) groups excluding carboxylic acids is 1. The van der Waals surface area contributed by atoms with Gasteiger partial charge in [-0.25, -0.2) is 0 Å². The first-order valence-corrected chi connectivity index (χ1v) is 8.29. The number of aliphatic hydroxyl groups is 1. The Morgan fingerprint density at radius 1 is 1.14 bits per heavy atom. The van der Waals surface area contributed by atoms with E-state index in [0.29, 0.717) is 19.0 Å². The molecule has 114 valence electrons. The summed E-state index contributed by atoms with van der Waals surface area (Å²) in [6.45, 7) is 0.543. The molecule has 0 aliphatic heterocycles. The third-order valence-corrected chi connectivity index (χ3v) is 4.94. The first kappa shape index (κ1) is 14.6. The van der Waals surface area contributed by atoms with Crippen molar-refractivity contribution >= 4 is 5.91 Å². The molecule has 0 saturated heterocycles. The van der Waals surface area contributed by atoms with Crippen LogP contribution in [0.15, 0.2) is 18.2 Å². The van der Waals surface area contributed by atoms with Crippen molar-refractivity contribution in [3.05, 3.63) is 34.9 Å². The van der Waals surface area contributed by atoms with E-state index in [-0.39, 0.29) is 12.5 Å². The number of aryl methyl sites for hydroxylation is 2. The van der Waals surface area contributed by atoms with Crippen LogP contribution in [0, 0.1) is 0 Å². The smallest absolute Gasteiger partial charge is 0.227 e. The molecule has 3 rings (SSSR count). The molecule has 0 atom stereocenters. The zero-order valence-corrected chi connectivity index (χ0v) is 12.7. The minimum atomic E-state index is 0.0619. The van der Waals surface area contributed by atoms with Crippen LogP contribution in [0.1, 0.15) is 48.8 Å². The van der Waals surface area contributed by atoms with Gasteiger partial charge in [-0.15, -0.1) is 0 Å². The van der Waals surface area contributed by atoms with Crippen LogP contribution in [-0.4, -0.2) is 35.1 Å². The molecule has 1 saturated carbocycles. The molecule has 1 N–H and O–H groups in total. The number of carbonyl (C=O) groups is 1. The van der Waals surface area contributed by atoms with E-state index in [9.17, 15) is 9.90 Å². The van der Waals surface area contributed by atoms with E-state index in [1.54, 1.807) is 0 Å². The van der Waals surface area contributed by atoms with Crippen LogP contribution in [-0.2, 0) is 24.1 Å². The van der Waals surface area contributed by atoms with Gasteiger partial charge in [-0.2, -0.15) is 0 Å². The summed E-state index contributed by atoms with van der Waals surface area (Å²) in [6, 6.07) is 6.86. The van der Waals surface area contributed by atoms with Crippen molar-refractivity contribution in [1.82, 2.24) is 4.90 Å². The highest BCUT2D eigenvalue weighted by Crippen LogP contribution is 2.25. The molecular formula is C18H25NO2. The summed E-state index contributed by atoms with van der Waals surface area (Å²) in [5.41, 5.74) is 4.01. The van der Waals surface area contributed by atoms with Crippen LogP contribution in [0.5, 0.6) is 0 Å². The first-order valence-electron chi connectivity index (χ1n) is 8.29. The van der Waals surface area contributed by atoms with Crippen molar-refractivity contribution in [3.63, 3.8) is 0 Å². The lowest BCUT2D eigenvalue weighted by Gasteiger charge is -2.28. The number of hydrogen-bond donors (Lipinski definition) is 1. The minimum Gasteiger partial charge on any atom is -0.395 e. The molecule has 21 heavy (non-hydrogen) atoms. The molecule has 3 nitrogen and oxygen atoms in total. The Balaban J connectivity index is 1.68. The summed E-state index contributed by atoms with van der Waals surface area (Å²) in [6.07, 6.45) is 8.65. The number of aliphatic hydroxyl groups excluding tert-OH is 1. The molecule has 0 spiro atoms. The van der Waals surface area contributed by atoms with Crippen LogP contribution in [0.4, 0.5) is 0 Å². The molecule has 1 aromatic carbocycles. The molecule has 0 heterocycles. The second-order valence-corrected chi connectivity index (χ2v) is 6.38. The van der Waals surface area contributed by atoms with Crippen LogP contribution >= 0.6 is 0 Å². The molecule has 1 amide bonds. The lowest BCUT2D eigenvalue weighted by Crippen LogP contribution is -2.41. The fourth-order valence-corrected chi connectivity index (χ4v) is 3.85. The third kappa shape index (κ3) is 3.29. The van der Waals surface area contributed by atoms with E-state index in [0.717, 1.165) is 24.8 Å². The predicted octanol–water partition coefficient (Wildman–Crippen LogP) is 2.48. The van der Waals surface area contributed by atoms with E-state index in [4.69, 9.17) is 0 Å². The summed E-state index contributed by atoms with van der Waals surface area (Å²) in [5.74, 6) is 0.175. The van der Waals surface area contributed by atoms with Crippen LogP contribution in [0.3, 0.4) is 0 Å². The van der Waals surface area contributed by atoms with Crippen molar-refractivity contribution in [3.8, 4) is 0 Å². The van der Waals surface area contributed by atoms with Crippen LogP contribution in [0.2, 0.25) is 0 Å². The zero-order valence-electron chi connectivity index (χ0n) is 12.7. The molecular weight excluding hydrogens is 262 g/mol. The van der Waals surface area contributed by atoms with Gasteiger partial charge in [0.1, 0.15) is 0 Å². The number of rotatable bonds is 5. The van der Waals surface area contributed by atoms with Crippen molar-refractivity contribution < 1.29 is 9.90 Å². The van der Waals surface area contributed by atoms with E-state index < -0.39 is 0 Å². The van der Waals surface area contributed by atoms with E-state index >= 15 is 0 Å². The maximum absolute atomic E-state index is 12.6. The van der Waals surface area contributed by atoms with Crippen LogP contribution < -0.4 is 0 Å². The summed E-state index contributed by atoms with van der Waals surface area (Å²) in [5, 5.41) is 9.24. The molecule has 1 aromatic rings. The van der Waals surface area contributed by atoms with Crippen molar-refractivity contribution in [1.29, 1.82) is 0 Å². The van der Waals surface area contributed by atoms with Gasteiger partial charge in [-0.05, 0) is 48.8 Å². The fraction of sp³-hybridized carbons (Fsp3) is 0.611. The first-order chi connectivity index (χ1) is 10.3. The SMILES string of the molecule is O=C(Cc1ccc2c(c1)CCC2)N(CCO)C1CCCC1. The quantitative estimate of drug-likeness (QED) is 0.904.